The van der Waals surface area contributed by atoms with Crippen LogP contribution in [0.4, 0.5) is 0 Å². The van der Waals surface area contributed by atoms with Crippen molar-refractivity contribution in [2.24, 2.45) is 0 Å². The predicted octanol–water partition coefficient (Wildman–Crippen LogP) is 2.11. The van der Waals surface area contributed by atoms with Crippen molar-refractivity contribution in [2.45, 2.75) is 52.0 Å². The Morgan fingerprint density at radius 2 is 1.93 bits per heavy atom. The largest absolute Gasteiger partial charge is 0.468 e. The number of rotatable bonds is 8. The molecule has 0 amide bonds. The van der Waals surface area contributed by atoms with Crippen LogP contribution in [0.25, 0.3) is 0 Å². The van der Waals surface area contributed by atoms with E-state index in [0.717, 1.165) is 13.0 Å². The summed E-state index contributed by atoms with van der Waals surface area (Å²) in [6.45, 7) is 4.94. The van der Waals surface area contributed by atoms with Gasteiger partial charge in [-0.05, 0) is 19.9 Å². The minimum Gasteiger partial charge on any atom is -0.468 e. The van der Waals surface area contributed by atoms with Crippen LogP contribution in [0.5, 0.6) is 0 Å². The number of carbonyl (C=O) groups is 1. The summed E-state index contributed by atoms with van der Waals surface area (Å²) in [5.74, 6) is -0.182. The maximum Gasteiger partial charge on any atom is 0.322 e. The van der Waals surface area contributed by atoms with Gasteiger partial charge in [0.15, 0.2) is 0 Å². The Morgan fingerprint density at radius 3 is 2.50 bits per heavy atom. The number of hydrogen-bond donors (Lipinski definition) is 1. The van der Waals surface area contributed by atoms with Crippen molar-refractivity contribution in [3.05, 3.63) is 0 Å². The first-order valence-corrected chi connectivity index (χ1v) is 5.53. The van der Waals surface area contributed by atoms with Crippen LogP contribution in [0.3, 0.4) is 0 Å². The highest BCUT2D eigenvalue weighted by Crippen LogP contribution is 2.01. The summed E-state index contributed by atoms with van der Waals surface area (Å²) in [5, 5.41) is 3.14. The van der Waals surface area contributed by atoms with Crippen LogP contribution in [0, 0.1) is 0 Å². The molecule has 0 aromatic carbocycles. The maximum absolute atomic E-state index is 11.0. The number of nitrogens with one attached hydrogen (secondary N) is 1. The van der Waals surface area contributed by atoms with E-state index < -0.39 is 0 Å². The molecular formula is C11H23NO2. The molecule has 0 radical (unpaired) electrons. The van der Waals surface area contributed by atoms with E-state index in [2.05, 4.69) is 17.0 Å². The minimum atomic E-state index is -0.182. The monoisotopic (exact) mass is 201 g/mol. The van der Waals surface area contributed by atoms with Gasteiger partial charge in [-0.25, -0.2) is 0 Å². The lowest BCUT2D eigenvalue weighted by molar-refractivity contribution is -0.142. The Kier molecular flexibility index (Phi) is 8.64. The zero-order chi connectivity index (χ0) is 10.8. The zero-order valence-corrected chi connectivity index (χ0v) is 9.64. The normalized spacial score (nSPS) is 12.5. The van der Waals surface area contributed by atoms with Crippen LogP contribution < -0.4 is 5.32 Å². The molecule has 0 aliphatic heterocycles. The summed E-state index contributed by atoms with van der Waals surface area (Å²) < 4.78 is 4.61. The van der Waals surface area contributed by atoms with Gasteiger partial charge in [-0.15, -0.1) is 0 Å². The molecule has 1 N–H and O–H groups in total. The van der Waals surface area contributed by atoms with Gasteiger partial charge in [0.25, 0.3) is 0 Å². The number of hydrogen-bond acceptors (Lipinski definition) is 3. The molecule has 0 fully saturated rings. The molecule has 0 saturated heterocycles. The van der Waals surface area contributed by atoms with Crippen molar-refractivity contribution in [1.82, 2.24) is 5.32 Å². The van der Waals surface area contributed by atoms with E-state index >= 15 is 0 Å². The van der Waals surface area contributed by atoms with Crippen LogP contribution in [-0.2, 0) is 9.53 Å². The van der Waals surface area contributed by atoms with E-state index in [1.54, 1.807) is 0 Å². The molecule has 0 bridgehead atoms. The molecule has 0 aromatic rings. The van der Waals surface area contributed by atoms with Crippen molar-refractivity contribution in [3.8, 4) is 0 Å². The summed E-state index contributed by atoms with van der Waals surface area (Å²) in [6, 6.07) is -0.175. The Morgan fingerprint density at radius 1 is 1.29 bits per heavy atom. The first kappa shape index (κ1) is 13.4. The lowest BCUT2D eigenvalue weighted by Crippen LogP contribution is -2.35. The molecule has 1 atom stereocenters. The standard InChI is InChI=1S/C11H23NO2/c1-4-5-6-7-8-9-12-10(2)11(13)14-3/h10,12H,4-9H2,1-3H3/t10-/m0/s1. The minimum absolute atomic E-state index is 0.175. The van der Waals surface area contributed by atoms with Crippen molar-refractivity contribution in [2.75, 3.05) is 13.7 Å². The maximum atomic E-state index is 11.0. The highest BCUT2D eigenvalue weighted by Gasteiger charge is 2.10. The average molecular weight is 201 g/mol. The van der Waals surface area contributed by atoms with Gasteiger partial charge in [0.1, 0.15) is 6.04 Å². The number of methoxy groups -OCH3 is 1. The first-order chi connectivity index (χ1) is 6.72. The van der Waals surface area contributed by atoms with E-state index in [0.29, 0.717) is 0 Å². The predicted molar refractivity (Wildman–Crippen MR) is 58.2 cm³/mol. The molecule has 0 aliphatic rings. The molecule has 0 unspecified atom stereocenters. The van der Waals surface area contributed by atoms with Crippen molar-refractivity contribution >= 4 is 5.97 Å². The fourth-order valence-electron chi connectivity index (χ4n) is 1.31. The molecule has 84 valence electrons. The van der Waals surface area contributed by atoms with Crippen LogP contribution in [-0.4, -0.2) is 25.7 Å². The average Bonchev–Trinajstić information content (AvgIpc) is 2.21. The van der Waals surface area contributed by atoms with Gasteiger partial charge in [-0.3, -0.25) is 4.79 Å². The topological polar surface area (TPSA) is 38.3 Å². The highest BCUT2D eigenvalue weighted by atomic mass is 16.5. The number of esters is 1. The van der Waals surface area contributed by atoms with Crippen LogP contribution in [0.2, 0.25) is 0 Å². The van der Waals surface area contributed by atoms with Crippen LogP contribution >= 0.6 is 0 Å². The SMILES string of the molecule is CCCCCCCN[C@@H](C)C(=O)OC. The summed E-state index contributed by atoms with van der Waals surface area (Å²) in [7, 11) is 1.42. The second kappa shape index (κ2) is 9.00. The van der Waals surface area contributed by atoms with Crippen LogP contribution in [0.15, 0.2) is 0 Å². The Balaban J connectivity index is 3.23. The van der Waals surface area contributed by atoms with Gasteiger partial charge in [-0.1, -0.05) is 32.6 Å². The third kappa shape index (κ3) is 6.89. The summed E-state index contributed by atoms with van der Waals surface area (Å²) >= 11 is 0. The van der Waals surface area contributed by atoms with Crippen molar-refractivity contribution in [3.63, 3.8) is 0 Å². The number of ether oxygens (including phenoxy) is 1. The fraction of sp³-hybridized carbons (Fsp3) is 0.909. The Hall–Kier alpha value is -0.570. The van der Waals surface area contributed by atoms with E-state index in [-0.39, 0.29) is 12.0 Å². The molecule has 0 spiro atoms. The molecule has 3 nitrogen and oxygen atoms in total. The van der Waals surface area contributed by atoms with Gasteiger partial charge in [0.2, 0.25) is 0 Å². The number of unbranched alkanes of at least 4 members (excludes halogenated alkanes) is 4. The van der Waals surface area contributed by atoms with Crippen LogP contribution in [0.1, 0.15) is 46.0 Å². The molecule has 0 saturated carbocycles. The smallest absolute Gasteiger partial charge is 0.322 e. The second-order valence-corrected chi connectivity index (χ2v) is 3.61. The van der Waals surface area contributed by atoms with E-state index in [1.807, 2.05) is 6.92 Å². The Bertz CT molecular complexity index is 148. The molecule has 0 aromatic heterocycles. The lowest BCUT2D eigenvalue weighted by atomic mass is 10.1. The second-order valence-electron chi connectivity index (χ2n) is 3.61. The molecule has 0 heterocycles. The highest BCUT2D eigenvalue weighted by molar-refractivity contribution is 5.74. The van der Waals surface area contributed by atoms with E-state index in [9.17, 15) is 4.79 Å². The van der Waals surface area contributed by atoms with Gasteiger partial charge in [-0.2, -0.15) is 0 Å². The molecule has 14 heavy (non-hydrogen) atoms. The third-order valence-corrected chi connectivity index (χ3v) is 2.29. The number of carbonyl (C=O) groups excluding carboxylic acids is 1. The Labute approximate surface area is 87.2 Å². The van der Waals surface area contributed by atoms with Gasteiger partial charge < -0.3 is 10.1 Å². The lowest BCUT2D eigenvalue weighted by Gasteiger charge is -2.10. The van der Waals surface area contributed by atoms with E-state index in [4.69, 9.17) is 0 Å². The quantitative estimate of drug-likeness (QED) is 0.483. The summed E-state index contributed by atoms with van der Waals surface area (Å²) in [5.41, 5.74) is 0. The molecule has 0 rings (SSSR count). The molecule has 3 heteroatoms. The fourth-order valence-corrected chi connectivity index (χ4v) is 1.31. The first-order valence-electron chi connectivity index (χ1n) is 5.53. The van der Waals surface area contributed by atoms with Gasteiger partial charge in [0.05, 0.1) is 7.11 Å². The zero-order valence-electron chi connectivity index (χ0n) is 9.64. The van der Waals surface area contributed by atoms with Crippen molar-refractivity contribution in [1.29, 1.82) is 0 Å². The van der Waals surface area contributed by atoms with Crippen molar-refractivity contribution < 1.29 is 9.53 Å². The van der Waals surface area contributed by atoms with Gasteiger partial charge in [0, 0.05) is 0 Å². The molecule has 0 aliphatic carbocycles. The van der Waals surface area contributed by atoms with E-state index in [1.165, 1.54) is 32.8 Å². The summed E-state index contributed by atoms with van der Waals surface area (Å²) in [6.07, 6.45) is 6.26. The molecular weight excluding hydrogens is 178 g/mol. The summed E-state index contributed by atoms with van der Waals surface area (Å²) in [4.78, 5) is 11.0. The third-order valence-electron chi connectivity index (χ3n) is 2.29. The van der Waals surface area contributed by atoms with Gasteiger partial charge >= 0.3 is 5.97 Å².